The monoisotopic (exact) mass is 364 g/mol. The number of imide groups is 2. The van der Waals surface area contributed by atoms with Gasteiger partial charge >= 0.3 is 6.03 Å². The van der Waals surface area contributed by atoms with Crippen LogP contribution in [0.4, 0.5) is 10.5 Å². The van der Waals surface area contributed by atoms with Gasteiger partial charge in [-0.2, -0.15) is 0 Å². The molecule has 6 nitrogen and oxygen atoms in total. The molecule has 2 aromatic carbocycles. The first kappa shape index (κ1) is 18.4. The summed E-state index contributed by atoms with van der Waals surface area (Å²) in [6, 6.07) is 12.4. The number of hydrogen-bond acceptors (Lipinski definition) is 4. The fourth-order valence-electron chi connectivity index (χ4n) is 2.82. The average Bonchev–Trinajstić information content (AvgIpc) is 2.66. The summed E-state index contributed by atoms with van der Waals surface area (Å²) in [5.74, 6) is -0.982. The highest BCUT2D eigenvalue weighted by atomic mass is 16.3. The molecule has 3 rings (SSSR count). The van der Waals surface area contributed by atoms with E-state index in [-0.39, 0.29) is 11.3 Å². The number of aromatic hydroxyl groups is 1. The first-order chi connectivity index (χ1) is 12.9. The molecule has 0 aliphatic carbocycles. The molecule has 6 heteroatoms. The number of phenols is 1. The largest absolute Gasteiger partial charge is 0.508 e. The zero-order chi connectivity index (χ0) is 19.6. The van der Waals surface area contributed by atoms with Crippen molar-refractivity contribution in [3.63, 3.8) is 0 Å². The van der Waals surface area contributed by atoms with Crippen LogP contribution in [-0.2, 0) is 9.59 Å². The van der Waals surface area contributed by atoms with Gasteiger partial charge in [0, 0.05) is 0 Å². The number of hydrogen-bond donors (Lipinski definition) is 2. The predicted molar refractivity (Wildman–Crippen MR) is 102 cm³/mol. The number of nitrogens with zero attached hydrogens (tertiary/aromatic N) is 1. The number of barbiturate groups is 1. The summed E-state index contributed by atoms with van der Waals surface area (Å²) in [5, 5.41) is 11.5. The van der Waals surface area contributed by atoms with E-state index >= 15 is 0 Å². The second-order valence-electron chi connectivity index (χ2n) is 6.45. The number of amides is 4. The number of benzene rings is 2. The summed E-state index contributed by atoms with van der Waals surface area (Å²) in [4.78, 5) is 38.2. The smallest absolute Gasteiger partial charge is 0.335 e. The Bertz CT molecular complexity index is 914. The Balaban J connectivity index is 1.94. The van der Waals surface area contributed by atoms with Crippen LogP contribution in [0.2, 0.25) is 0 Å². The summed E-state index contributed by atoms with van der Waals surface area (Å²) < 4.78 is 0. The van der Waals surface area contributed by atoms with Gasteiger partial charge in [-0.3, -0.25) is 14.9 Å². The summed E-state index contributed by atoms with van der Waals surface area (Å²) in [6.07, 6.45) is 2.38. The molecule has 0 radical (unpaired) electrons. The van der Waals surface area contributed by atoms with Crippen LogP contribution in [0.5, 0.6) is 5.75 Å². The van der Waals surface area contributed by atoms with Gasteiger partial charge in [-0.05, 0) is 53.8 Å². The van der Waals surface area contributed by atoms with E-state index in [2.05, 4.69) is 19.2 Å². The second-order valence-corrected chi connectivity index (χ2v) is 6.45. The lowest BCUT2D eigenvalue weighted by molar-refractivity contribution is -0.122. The third-order valence-electron chi connectivity index (χ3n) is 4.64. The first-order valence-electron chi connectivity index (χ1n) is 8.71. The first-order valence-corrected chi connectivity index (χ1v) is 8.71. The van der Waals surface area contributed by atoms with Crippen LogP contribution in [0.25, 0.3) is 6.08 Å². The zero-order valence-electron chi connectivity index (χ0n) is 15.1. The number of anilines is 1. The van der Waals surface area contributed by atoms with Crippen LogP contribution in [-0.4, -0.2) is 23.0 Å². The van der Waals surface area contributed by atoms with Crippen molar-refractivity contribution in [1.82, 2.24) is 5.32 Å². The minimum atomic E-state index is -0.774. The van der Waals surface area contributed by atoms with Gasteiger partial charge in [0.1, 0.15) is 11.3 Å². The van der Waals surface area contributed by atoms with Crippen LogP contribution in [0.3, 0.4) is 0 Å². The SMILES string of the molecule is CCC(C)c1ccc(N2C(=O)NC(=O)/C(=C/c3ccc(O)cc3)C2=O)cc1. The molecule has 0 spiro atoms. The molecule has 0 aromatic heterocycles. The van der Waals surface area contributed by atoms with E-state index in [1.54, 1.807) is 24.3 Å². The standard InChI is InChI=1S/C21H20N2O4/c1-3-13(2)15-6-8-16(9-7-15)23-20(26)18(19(25)22-21(23)27)12-14-4-10-17(24)11-5-14/h4-13,24H,3H2,1-2H3,(H,22,25,27)/b18-12-. The number of carbonyl (C=O) groups is 3. The molecule has 1 unspecified atom stereocenters. The van der Waals surface area contributed by atoms with E-state index in [9.17, 15) is 19.5 Å². The average molecular weight is 364 g/mol. The maximum atomic E-state index is 12.8. The summed E-state index contributed by atoms with van der Waals surface area (Å²) in [5.41, 5.74) is 1.93. The van der Waals surface area contributed by atoms with E-state index in [1.165, 1.54) is 18.2 Å². The zero-order valence-corrected chi connectivity index (χ0v) is 15.1. The highest BCUT2D eigenvalue weighted by molar-refractivity contribution is 6.39. The summed E-state index contributed by atoms with van der Waals surface area (Å²) in [6.45, 7) is 4.19. The van der Waals surface area contributed by atoms with Crippen molar-refractivity contribution in [2.45, 2.75) is 26.2 Å². The molecule has 1 heterocycles. The molecule has 4 amide bonds. The molecule has 1 aliphatic rings. The van der Waals surface area contributed by atoms with Crippen molar-refractivity contribution in [3.8, 4) is 5.75 Å². The Labute approximate surface area is 157 Å². The van der Waals surface area contributed by atoms with Gasteiger partial charge in [0.15, 0.2) is 0 Å². The molecule has 1 fully saturated rings. The van der Waals surface area contributed by atoms with E-state index in [1.807, 2.05) is 12.1 Å². The van der Waals surface area contributed by atoms with Crippen molar-refractivity contribution in [3.05, 3.63) is 65.2 Å². The molecule has 2 aromatic rings. The van der Waals surface area contributed by atoms with Gasteiger partial charge in [0.05, 0.1) is 5.69 Å². The Morgan fingerprint density at radius 2 is 1.67 bits per heavy atom. The van der Waals surface area contributed by atoms with Crippen molar-refractivity contribution in [1.29, 1.82) is 0 Å². The lowest BCUT2D eigenvalue weighted by Gasteiger charge is -2.26. The van der Waals surface area contributed by atoms with Crippen LogP contribution in [0.15, 0.2) is 54.1 Å². The molecule has 0 bridgehead atoms. The topological polar surface area (TPSA) is 86.7 Å². The highest BCUT2D eigenvalue weighted by Crippen LogP contribution is 2.25. The molecular weight excluding hydrogens is 344 g/mol. The van der Waals surface area contributed by atoms with Gasteiger partial charge in [-0.1, -0.05) is 38.1 Å². The lowest BCUT2D eigenvalue weighted by Crippen LogP contribution is -2.54. The molecule has 1 aliphatic heterocycles. The van der Waals surface area contributed by atoms with Gasteiger partial charge < -0.3 is 5.11 Å². The fourth-order valence-corrected chi connectivity index (χ4v) is 2.82. The molecule has 1 saturated heterocycles. The molecular formula is C21H20N2O4. The third kappa shape index (κ3) is 3.74. The van der Waals surface area contributed by atoms with E-state index in [0.717, 1.165) is 16.9 Å². The van der Waals surface area contributed by atoms with E-state index < -0.39 is 17.8 Å². The van der Waals surface area contributed by atoms with Gasteiger partial charge in [0.2, 0.25) is 0 Å². The molecule has 27 heavy (non-hydrogen) atoms. The van der Waals surface area contributed by atoms with Crippen molar-refractivity contribution < 1.29 is 19.5 Å². The maximum Gasteiger partial charge on any atom is 0.335 e. The van der Waals surface area contributed by atoms with Gasteiger partial charge in [-0.15, -0.1) is 0 Å². The fraction of sp³-hybridized carbons (Fsp3) is 0.190. The lowest BCUT2D eigenvalue weighted by atomic mass is 9.98. The maximum absolute atomic E-state index is 12.8. The van der Waals surface area contributed by atoms with Crippen molar-refractivity contribution in [2.75, 3.05) is 4.90 Å². The predicted octanol–water partition coefficient (Wildman–Crippen LogP) is 3.57. The quantitative estimate of drug-likeness (QED) is 0.641. The van der Waals surface area contributed by atoms with Crippen LogP contribution >= 0.6 is 0 Å². The van der Waals surface area contributed by atoms with Crippen LogP contribution < -0.4 is 10.2 Å². The van der Waals surface area contributed by atoms with E-state index in [0.29, 0.717) is 17.2 Å². The highest BCUT2D eigenvalue weighted by Gasteiger charge is 2.36. The Morgan fingerprint density at radius 1 is 1.04 bits per heavy atom. The number of nitrogens with one attached hydrogen (secondary N) is 1. The van der Waals surface area contributed by atoms with E-state index in [4.69, 9.17) is 0 Å². The minimum Gasteiger partial charge on any atom is -0.508 e. The molecule has 1 atom stereocenters. The molecule has 0 saturated carbocycles. The summed E-state index contributed by atoms with van der Waals surface area (Å²) in [7, 11) is 0. The minimum absolute atomic E-state index is 0.0785. The number of phenolic OH excluding ortho intramolecular Hbond substituents is 1. The van der Waals surface area contributed by atoms with Crippen LogP contribution in [0.1, 0.15) is 37.3 Å². The molecule has 138 valence electrons. The Kier molecular flexibility index (Phi) is 5.07. The third-order valence-corrected chi connectivity index (χ3v) is 4.64. The Hall–Kier alpha value is -3.41. The molecule has 2 N–H and O–H groups in total. The van der Waals surface area contributed by atoms with Gasteiger partial charge in [-0.25, -0.2) is 9.69 Å². The Morgan fingerprint density at radius 3 is 2.26 bits per heavy atom. The summed E-state index contributed by atoms with van der Waals surface area (Å²) >= 11 is 0. The number of rotatable bonds is 4. The van der Waals surface area contributed by atoms with Gasteiger partial charge in [0.25, 0.3) is 11.8 Å². The van der Waals surface area contributed by atoms with Crippen LogP contribution in [0, 0.1) is 0 Å². The second kappa shape index (κ2) is 7.45. The number of urea groups is 1. The van der Waals surface area contributed by atoms with Crippen molar-refractivity contribution >= 4 is 29.6 Å². The number of carbonyl (C=O) groups excluding carboxylic acids is 3. The van der Waals surface area contributed by atoms with Crippen molar-refractivity contribution in [2.24, 2.45) is 0 Å². The normalized spacial score (nSPS) is 17.2.